The molecular formula is C10H19N5OS. The molecule has 1 aromatic heterocycles. The summed E-state index contributed by atoms with van der Waals surface area (Å²) in [6, 6.07) is 0.248. The largest absolute Gasteiger partial charge is 0.370 e. The standard InChI is InChI=1S/C10H19N5OS/c1-7(2)15-9(12)13-14-10(15)17-6-4-3-5-8(11)16/h7H,3-6H2,1-2H3,(H2,11,16)(H2,12,13). The van der Waals surface area contributed by atoms with Gasteiger partial charge >= 0.3 is 0 Å². The Morgan fingerprint density at radius 3 is 2.71 bits per heavy atom. The molecule has 0 saturated heterocycles. The molecular weight excluding hydrogens is 238 g/mol. The fourth-order valence-electron chi connectivity index (χ4n) is 1.44. The number of nitrogen functional groups attached to an aromatic ring is 1. The lowest BCUT2D eigenvalue weighted by Gasteiger charge is -2.10. The number of thioether (sulfide) groups is 1. The number of hydrogen-bond donors (Lipinski definition) is 2. The number of carbonyl (C=O) groups excluding carboxylic acids is 1. The number of nitrogens with two attached hydrogens (primary N) is 2. The van der Waals surface area contributed by atoms with E-state index in [1.807, 2.05) is 18.4 Å². The van der Waals surface area contributed by atoms with E-state index >= 15 is 0 Å². The lowest BCUT2D eigenvalue weighted by atomic mass is 10.2. The second kappa shape index (κ2) is 6.48. The summed E-state index contributed by atoms with van der Waals surface area (Å²) in [7, 11) is 0. The highest BCUT2D eigenvalue weighted by atomic mass is 32.2. The van der Waals surface area contributed by atoms with E-state index in [1.165, 1.54) is 0 Å². The van der Waals surface area contributed by atoms with Crippen LogP contribution in [0.5, 0.6) is 0 Å². The van der Waals surface area contributed by atoms with Crippen molar-refractivity contribution in [2.24, 2.45) is 5.73 Å². The Hall–Kier alpha value is -1.24. The molecule has 0 aliphatic carbocycles. The maximum Gasteiger partial charge on any atom is 0.222 e. The van der Waals surface area contributed by atoms with Crippen molar-refractivity contribution >= 4 is 23.6 Å². The summed E-state index contributed by atoms with van der Waals surface area (Å²) in [5.41, 5.74) is 10.8. The van der Waals surface area contributed by atoms with Gasteiger partial charge in [0.1, 0.15) is 0 Å². The van der Waals surface area contributed by atoms with E-state index < -0.39 is 0 Å². The van der Waals surface area contributed by atoms with Gasteiger partial charge in [-0.25, -0.2) is 0 Å². The van der Waals surface area contributed by atoms with E-state index in [1.54, 1.807) is 11.8 Å². The van der Waals surface area contributed by atoms with E-state index in [2.05, 4.69) is 10.2 Å². The summed E-state index contributed by atoms with van der Waals surface area (Å²) in [5.74, 6) is 1.09. The first-order chi connectivity index (χ1) is 8.02. The molecule has 0 aliphatic heterocycles. The highest BCUT2D eigenvalue weighted by molar-refractivity contribution is 7.99. The quantitative estimate of drug-likeness (QED) is 0.564. The van der Waals surface area contributed by atoms with Crippen LogP contribution in [0.2, 0.25) is 0 Å². The van der Waals surface area contributed by atoms with Gasteiger partial charge in [0.05, 0.1) is 0 Å². The lowest BCUT2D eigenvalue weighted by molar-refractivity contribution is -0.118. The minimum absolute atomic E-state index is 0.246. The SMILES string of the molecule is CC(C)n1c(N)nnc1SCCCCC(N)=O. The van der Waals surface area contributed by atoms with Crippen LogP contribution in [0.15, 0.2) is 5.16 Å². The molecule has 7 heteroatoms. The van der Waals surface area contributed by atoms with Crippen molar-refractivity contribution in [3.63, 3.8) is 0 Å². The van der Waals surface area contributed by atoms with E-state index in [0.717, 1.165) is 23.8 Å². The summed E-state index contributed by atoms with van der Waals surface area (Å²) < 4.78 is 1.90. The zero-order valence-electron chi connectivity index (χ0n) is 10.2. The Balaban J connectivity index is 2.39. The first-order valence-corrected chi connectivity index (χ1v) is 6.62. The predicted octanol–water partition coefficient (Wildman–Crippen LogP) is 1.19. The molecule has 1 heterocycles. The average molecular weight is 257 g/mol. The number of carbonyl (C=O) groups is 1. The Bertz CT molecular complexity index is 377. The fraction of sp³-hybridized carbons (Fsp3) is 0.700. The van der Waals surface area contributed by atoms with Crippen LogP contribution >= 0.6 is 11.8 Å². The molecule has 1 rings (SSSR count). The number of amides is 1. The first kappa shape index (κ1) is 13.8. The van der Waals surface area contributed by atoms with E-state index in [-0.39, 0.29) is 11.9 Å². The van der Waals surface area contributed by atoms with Gasteiger partial charge in [-0.05, 0) is 26.7 Å². The summed E-state index contributed by atoms with van der Waals surface area (Å²) in [4.78, 5) is 10.6. The Kier molecular flexibility index (Phi) is 5.27. The third-order valence-corrected chi connectivity index (χ3v) is 3.29. The van der Waals surface area contributed by atoms with E-state index in [0.29, 0.717) is 12.4 Å². The van der Waals surface area contributed by atoms with Gasteiger partial charge < -0.3 is 11.5 Å². The van der Waals surface area contributed by atoms with Crippen LogP contribution in [0, 0.1) is 0 Å². The van der Waals surface area contributed by atoms with Crippen LogP contribution in [-0.2, 0) is 4.79 Å². The van der Waals surface area contributed by atoms with Crippen LogP contribution in [0.1, 0.15) is 39.2 Å². The van der Waals surface area contributed by atoms with Gasteiger partial charge in [-0.1, -0.05) is 11.8 Å². The zero-order chi connectivity index (χ0) is 12.8. The molecule has 96 valence electrons. The van der Waals surface area contributed by atoms with Gasteiger partial charge in [-0.15, -0.1) is 10.2 Å². The van der Waals surface area contributed by atoms with Crippen LogP contribution in [0.3, 0.4) is 0 Å². The number of hydrogen-bond acceptors (Lipinski definition) is 5. The molecule has 0 aliphatic rings. The predicted molar refractivity (Wildman–Crippen MR) is 68.6 cm³/mol. The van der Waals surface area contributed by atoms with Crippen LogP contribution in [0.25, 0.3) is 0 Å². The number of rotatable bonds is 7. The van der Waals surface area contributed by atoms with Gasteiger partial charge in [-0.3, -0.25) is 9.36 Å². The minimum Gasteiger partial charge on any atom is -0.370 e. The molecule has 17 heavy (non-hydrogen) atoms. The van der Waals surface area contributed by atoms with Crippen LogP contribution in [-0.4, -0.2) is 26.4 Å². The molecule has 1 amide bonds. The molecule has 0 fully saturated rings. The maximum absolute atomic E-state index is 10.6. The first-order valence-electron chi connectivity index (χ1n) is 5.64. The topological polar surface area (TPSA) is 99.8 Å². The summed E-state index contributed by atoms with van der Waals surface area (Å²) in [5, 5.41) is 8.72. The average Bonchev–Trinajstić information content (AvgIpc) is 2.59. The van der Waals surface area contributed by atoms with Crippen LogP contribution in [0.4, 0.5) is 5.95 Å². The number of nitrogens with zero attached hydrogens (tertiary/aromatic N) is 3. The second-order valence-electron chi connectivity index (χ2n) is 4.08. The van der Waals surface area contributed by atoms with Crippen molar-refractivity contribution in [2.75, 3.05) is 11.5 Å². The summed E-state index contributed by atoms with van der Waals surface area (Å²) in [6.45, 7) is 4.08. The van der Waals surface area contributed by atoms with Crippen molar-refractivity contribution in [2.45, 2.75) is 44.3 Å². The van der Waals surface area contributed by atoms with Gasteiger partial charge in [0.15, 0.2) is 5.16 Å². The number of aromatic nitrogens is 3. The zero-order valence-corrected chi connectivity index (χ0v) is 11.0. The number of primary amides is 1. The molecule has 1 aromatic rings. The Labute approximate surface area is 105 Å². The molecule has 0 atom stereocenters. The molecule has 0 radical (unpaired) electrons. The molecule has 6 nitrogen and oxygen atoms in total. The van der Waals surface area contributed by atoms with Crippen LogP contribution < -0.4 is 11.5 Å². The van der Waals surface area contributed by atoms with Gasteiger partial charge in [0, 0.05) is 18.2 Å². The molecule has 0 bridgehead atoms. The van der Waals surface area contributed by atoms with Crippen molar-refractivity contribution in [3.05, 3.63) is 0 Å². The Morgan fingerprint density at radius 2 is 2.12 bits per heavy atom. The van der Waals surface area contributed by atoms with Gasteiger partial charge in [0.2, 0.25) is 11.9 Å². The number of anilines is 1. The second-order valence-corrected chi connectivity index (χ2v) is 5.14. The Morgan fingerprint density at radius 1 is 1.41 bits per heavy atom. The third kappa shape index (κ3) is 4.26. The van der Waals surface area contributed by atoms with Crippen molar-refractivity contribution in [1.29, 1.82) is 0 Å². The normalized spacial score (nSPS) is 11.0. The molecule has 0 spiro atoms. The fourth-order valence-corrected chi connectivity index (χ4v) is 2.51. The van der Waals surface area contributed by atoms with Gasteiger partial charge in [-0.2, -0.15) is 0 Å². The van der Waals surface area contributed by atoms with Crippen molar-refractivity contribution < 1.29 is 4.79 Å². The maximum atomic E-state index is 10.6. The highest BCUT2D eigenvalue weighted by Crippen LogP contribution is 2.23. The van der Waals surface area contributed by atoms with Crippen molar-refractivity contribution in [1.82, 2.24) is 14.8 Å². The summed E-state index contributed by atoms with van der Waals surface area (Å²) >= 11 is 1.61. The molecule has 4 N–H and O–H groups in total. The van der Waals surface area contributed by atoms with E-state index in [4.69, 9.17) is 11.5 Å². The monoisotopic (exact) mass is 257 g/mol. The minimum atomic E-state index is -0.246. The molecule has 0 unspecified atom stereocenters. The summed E-state index contributed by atoms with van der Waals surface area (Å²) in [6.07, 6.45) is 2.19. The van der Waals surface area contributed by atoms with Gasteiger partial charge in [0.25, 0.3) is 0 Å². The van der Waals surface area contributed by atoms with E-state index in [9.17, 15) is 4.79 Å². The molecule has 0 saturated carbocycles. The smallest absolute Gasteiger partial charge is 0.222 e. The van der Waals surface area contributed by atoms with Crippen molar-refractivity contribution in [3.8, 4) is 0 Å². The molecule has 0 aromatic carbocycles. The lowest BCUT2D eigenvalue weighted by Crippen LogP contribution is -2.09. The highest BCUT2D eigenvalue weighted by Gasteiger charge is 2.12. The third-order valence-electron chi connectivity index (χ3n) is 2.26. The number of unbranched alkanes of at least 4 members (excludes halogenated alkanes) is 1.